The largest absolute Gasteiger partial charge is 0.358 e. The zero-order chi connectivity index (χ0) is 25.2. The Morgan fingerprint density at radius 3 is 2.78 bits per heavy atom. The smallest absolute Gasteiger partial charge is 0.321 e. The van der Waals surface area contributed by atoms with Gasteiger partial charge in [0, 0.05) is 47.8 Å². The van der Waals surface area contributed by atoms with Crippen LogP contribution in [0.25, 0.3) is 10.9 Å². The van der Waals surface area contributed by atoms with Gasteiger partial charge >= 0.3 is 6.03 Å². The van der Waals surface area contributed by atoms with Crippen molar-refractivity contribution in [3.05, 3.63) is 58.8 Å². The van der Waals surface area contributed by atoms with E-state index in [-0.39, 0.29) is 23.9 Å². The molecule has 3 amide bonds. The maximum Gasteiger partial charge on any atom is 0.321 e. The summed E-state index contributed by atoms with van der Waals surface area (Å²) in [7, 11) is 0. The van der Waals surface area contributed by atoms with Crippen molar-refractivity contribution in [3.63, 3.8) is 0 Å². The second-order valence-corrected chi connectivity index (χ2v) is 10.5. The summed E-state index contributed by atoms with van der Waals surface area (Å²) in [5.41, 5.74) is 1.58. The third kappa shape index (κ3) is 5.29. The number of aromatic nitrogens is 2. The summed E-state index contributed by atoms with van der Waals surface area (Å²) in [6.07, 6.45) is 0. The highest BCUT2D eigenvalue weighted by Crippen LogP contribution is 2.24. The highest BCUT2D eigenvalue weighted by Gasteiger charge is 2.33. The standard InChI is InChI=1S/C26H30BrN7O2/c1-16(2)23-25(35)28-13-19-14-34(26(36)29-18-7-5-6-17(27)12-18)11-10-33(19)15-22-30-21-9-4-3-8-20(21)24(31-22)32-23/h3-9,12,16,19,23H,10-11,13-15H2,1-2H3,(H,28,35)(H,29,36)(H,30,31,32)/t19?,23-/m0/s1. The molecule has 2 atom stereocenters. The van der Waals surface area contributed by atoms with Crippen LogP contribution < -0.4 is 16.0 Å². The lowest BCUT2D eigenvalue weighted by atomic mass is 10.0. The van der Waals surface area contributed by atoms with E-state index < -0.39 is 6.04 Å². The van der Waals surface area contributed by atoms with Crippen LogP contribution in [0, 0.1) is 5.92 Å². The Bertz CT molecular complexity index is 1280. The minimum atomic E-state index is -0.442. The number of rotatable bonds is 2. The minimum absolute atomic E-state index is 0.0536. The summed E-state index contributed by atoms with van der Waals surface area (Å²) in [6, 6.07) is 14.7. The zero-order valence-electron chi connectivity index (χ0n) is 20.4. The van der Waals surface area contributed by atoms with Crippen LogP contribution >= 0.6 is 15.9 Å². The fourth-order valence-corrected chi connectivity index (χ4v) is 5.14. The molecule has 2 aliphatic rings. The monoisotopic (exact) mass is 551 g/mol. The van der Waals surface area contributed by atoms with E-state index in [2.05, 4.69) is 36.8 Å². The van der Waals surface area contributed by atoms with E-state index >= 15 is 0 Å². The summed E-state index contributed by atoms with van der Waals surface area (Å²) in [5.74, 6) is 1.35. The SMILES string of the molecule is CC(C)[C@@H]1Nc2nc(nc3ccccc23)CN2CCN(C(=O)Nc3cccc(Br)c3)CC2CNC1=O. The van der Waals surface area contributed by atoms with Gasteiger partial charge in [-0.1, -0.05) is 48.0 Å². The molecular formula is C26H30BrN7O2. The molecule has 0 radical (unpaired) electrons. The van der Waals surface area contributed by atoms with Gasteiger partial charge in [-0.2, -0.15) is 0 Å². The van der Waals surface area contributed by atoms with Gasteiger partial charge < -0.3 is 20.9 Å². The molecule has 0 spiro atoms. The van der Waals surface area contributed by atoms with Gasteiger partial charge in [0.25, 0.3) is 0 Å². The third-order valence-corrected chi connectivity index (χ3v) is 7.21. The number of amides is 3. The highest BCUT2D eigenvalue weighted by atomic mass is 79.9. The first-order chi connectivity index (χ1) is 17.4. The molecule has 1 saturated heterocycles. The van der Waals surface area contributed by atoms with E-state index in [0.29, 0.717) is 44.4 Å². The van der Waals surface area contributed by atoms with Gasteiger partial charge in [-0.15, -0.1) is 0 Å². The van der Waals surface area contributed by atoms with E-state index in [1.54, 1.807) is 4.90 Å². The molecule has 5 rings (SSSR count). The fraction of sp³-hybridized carbons (Fsp3) is 0.385. The van der Waals surface area contributed by atoms with Gasteiger partial charge in [0.2, 0.25) is 5.91 Å². The Hall–Kier alpha value is -3.24. The Balaban J connectivity index is 1.41. The van der Waals surface area contributed by atoms with Crippen LogP contribution in [0.4, 0.5) is 16.3 Å². The third-order valence-electron chi connectivity index (χ3n) is 6.72. The molecule has 3 N–H and O–H groups in total. The van der Waals surface area contributed by atoms with Gasteiger partial charge in [0.1, 0.15) is 17.7 Å². The summed E-state index contributed by atoms with van der Waals surface area (Å²) >= 11 is 3.44. The number of urea groups is 1. The lowest BCUT2D eigenvalue weighted by Crippen LogP contribution is -2.59. The maximum atomic E-state index is 13.2. The van der Waals surface area contributed by atoms with Crippen molar-refractivity contribution in [3.8, 4) is 0 Å². The molecule has 2 bridgehead atoms. The van der Waals surface area contributed by atoms with E-state index in [9.17, 15) is 9.59 Å². The molecule has 3 heterocycles. The average molecular weight is 552 g/mol. The van der Waals surface area contributed by atoms with Gasteiger partial charge in [0.15, 0.2) is 0 Å². The summed E-state index contributed by atoms with van der Waals surface area (Å²) in [5, 5.41) is 10.4. The second kappa shape index (κ2) is 10.4. The Morgan fingerprint density at radius 1 is 1.14 bits per heavy atom. The molecule has 0 aliphatic carbocycles. The number of carbonyl (C=O) groups excluding carboxylic acids is 2. The molecule has 1 fully saturated rings. The second-order valence-electron chi connectivity index (χ2n) is 9.63. The van der Waals surface area contributed by atoms with Gasteiger partial charge in [0.05, 0.1) is 12.1 Å². The fourth-order valence-electron chi connectivity index (χ4n) is 4.75. The van der Waals surface area contributed by atoms with Crippen LogP contribution in [0.2, 0.25) is 0 Å². The number of hydrogen-bond donors (Lipinski definition) is 3. The maximum absolute atomic E-state index is 13.2. The lowest BCUT2D eigenvalue weighted by Gasteiger charge is -2.41. The minimum Gasteiger partial charge on any atom is -0.358 e. The van der Waals surface area contributed by atoms with E-state index in [1.165, 1.54) is 0 Å². The summed E-state index contributed by atoms with van der Waals surface area (Å²) < 4.78 is 0.902. The van der Waals surface area contributed by atoms with Gasteiger partial charge in [-0.05, 0) is 36.2 Å². The number of para-hydroxylation sites is 1. The van der Waals surface area contributed by atoms with Crippen molar-refractivity contribution in [2.24, 2.45) is 5.92 Å². The molecule has 188 valence electrons. The number of nitrogens with zero attached hydrogens (tertiary/aromatic N) is 4. The molecule has 36 heavy (non-hydrogen) atoms. The van der Waals surface area contributed by atoms with E-state index in [0.717, 1.165) is 21.1 Å². The first-order valence-electron chi connectivity index (χ1n) is 12.2. The van der Waals surface area contributed by atoms with Crippen LogP contribution in [0.1, 0.15) is 19.7 Å². The molecule has 0 saturated carbocycles. The number of fused-ring (bicyclic) bond motifs is 5. The summed E-state index contributed by atoms with van der Waals surface area (Å²) in [6.45, 7) is 6.70. The predicted molar refractivity (Wildman–Crippen MR) is 144 cm³/mol. The Labute approximate surface area is 218 Å². The van der Waals surface area contributed by atoms with Crippen molar-refractivity contribution < 1.29 is 9.59 Å². The van der Waals surface area contributed by atoms with Gasteiger partial charge in [-0.3, -0.25) is 9.69 Å². The number of anilines is 2. The molecule has 2 aromatic carbocycles. The van der Waals surface area contributed by atoms with Crippen molar-refractivity contribution in [1.82, 2.24) is 25.1 Å². The normalized spacial score (nSPS) is 20.8. The van der Waals surface area contributed by atoms with Crippen LogP contribution in [0.5, 0.6) is 0 Å². The number of benzene rings is 2. The first-order valence-corrected chi connectivity index (χ1v) is 13.0. The number of hydrogen-bond acceptors (Lipinski definition) is 6. The first kappa shape index (κ1) is 24.5. The molecule has 3 aromatic rings. The van der Waals surface area contributed by atoms with Crippen LogP contribution in [-0.2, 0) is 11.3 Å². The van der Waals surface area contributed by atoms with Crippen LogP contribution in [0.15, 0.2) is 53.0 Å². The molecule has 10 heteroatoms. The van der Waals surface area contributed by atoms with Crippen LogP contribution in [-0.4, -0.2) is 70.0 Å². The highest BCUT2D eigenvalue weighted by molar-refractivity contribution is 9.10. The Kier molecular flexibility index (Phi) is 7.06. The number of nitrogens with one attached hydrogen (secondary N) is 3. The average Bonchev–Trinajstić information content (AvgIpc) is 2.87. The van der Waals surface area contributed by atoms with Crippen molar-refractivity contribution >= 4 is 50.3 Å². The Morgan fingerprint density at radius 2 is 1.97 bits per heavy atom. The molecule has 2 aliphatic heterocycles. The van der Waals surface area contributed by atoms with Crippen molar-refractivity contribution in [2.75, 3.05) is 36.8 Å². The zero-order valence-corrected chi connectivity index (χ0v) is 22.0. The lowest BCUT2D eigenvalue weighted by molar-refractivity contribution is -0.123. The van der Waals surface area contributed by atoms with Crippen molar-refractivity contribution in [1.29, 1.82) is 0 Å². The summed E-state index contributed by atoms with van der Waals surface area (Å²) in [4.78, 5) is 40.0. The van der Waals surface area contributed by atoms with E-state index in [1.807, 2.05) is 62.4 Å². The molecular weight excluding hydrogens is 522 g/mol. The van der Waals surface area contributed by atoms with Crippen molar-refractivity contribution in [2.45, 2.75) is 32.5 Å². The molecule has 9 nitrogen and oxygen atoms in total. The predicted octanol–water partition coefficient (Wildman–Crippen LogP) is 3.68. The number of carbonyl (C=O) groups is 2. The number of piperazine rings is 1. The topological polar surface area (TPSA) is 102 Å². The number of halogens is 1. The van der Waals surface area contributed by atoms with Crippen LogP contribution in [0.3, 0.4) is 0 Å². The molecule has 1 aromatic heterocycles. The quantitative estimate of drug-likeness (QED) is 0.449. The van der Waals surface area contributed by atoms with E-state index in [4.69, 9.17) is 9.97 Å². The molecule has 1 unspecified atom stereocenters. The van der Waals surface area contributed by atoms with Gasteiger partial charge in [-0.25, -0.2) is 14.8 Å².